The van der Waals surface area contributed by atoms with Crippen LogP contribution in [0.15, 0.2) is 36.7 Å². The third kappa shape index (κ3) is 2.61. The van der Waals surface area contributed by atoms with Gasteiger partial charge in [0.2, 0.25) is 0 Å². The maximum Gasteiger partial charge on any atom is 0.266 e. The maximum atomic E-state index is 12.7. The van der Waals surface area contributed by atoms with Gasteiger partial charge in [-0.25, -0.2) is 4.98 Å². The third-order valence-corrected chi connectivity index (χ3v) is 5.15. The summed E-state index contributed by atoms with van der Waals surface area (Å²) in [5.74, 6) is -0.0401. The number of anilines is 1. The topological polar surface area (TPSA) is 81.3 Å². The lowest BCUT2D eigenvalue weighted by Gasteiger charge is -2.26. The fourth-order valence-electron chi connectivity index (χ4n) is 2.74. The zero-order valence-electron chi connectivity index (χ0n) is 12.9. The van der Waals surface area contributed by atoms with Gasteiger partial charge >= 0.3 is 0 Å². The standard InChI is InChI=1S/C17H16N4O2S/c18-14-12-3-4-13(11-2-1-5-19-10-11)20-16(12)24-15(14)17(22)21-6-8-23-9-7-21/h1-5,10H,6-9,18H2. The number of carbonyl (C=O) groups excluding carboxylic acids is 1. The van der Waals surface area contributed by atoms with E-state index < -0.39 is 0 Å². The van der Waals surface area contributed by atoms with Crippen LogP contribution in [0.3, 0.4) is 0 Å². The van der Waals surface area contributed by atoms with Crippen LogP contribution in [-0.2, 0) is 4.74 Å². The number of morpholine rings is 1. The predicted molar refractivity (Wildman–Crippen MR) is 94.0 cm³/mol. The predicted octanol–water partition coefficient (Wildman–Crippen LogP) is 2.41. The number of amides is 1. The van der Waals surface area contributed by atoms with E-state index in [4.69, 9.17) is 10.5 Å². The van der Waals surface area contributed by atoms with Crippen molar-refractivity contribution in [2.24, 2.45) is 0 Å². The van der Waals surface area contributed by atoms with Gasteiger partial charge in [-0.05, 0) is 24.3 Å². The van der Waals surface area contributed by atoms with Crippen LogP contribution in [0.1, 0.15) is 9.67 Å². The molecule has 0 atom stereocenters. The highest BCUT2D eigenvalue weighted by atomic mass is 32.1. The van der Waals surface area contributed by atoms with Crippen molar-refractivity contribution in [2.45, 2.75) is 0 Å². The van der Waals surface area contributed by atoms with Gasteiger partial charge < -0.3 is 15.4 Å². The van der Waals surface area contributed by atoms with Crippen molar-refractivity contribution in [1.29, 1.82) is 0 Å². The number of fused-ring (bicyclic) bond motifs is 1. The Morgan fingerprint density at radius 1 is 1.25 bits per heavy atom. The molecule has 0 spiro atoms. The molecule has 4 heterocycles. The summed E-state index contributed by atoms with van der Waals surface area (Å²) >= 11 is 1.35. The summed E-state index contributed by atoms with van der Waals surface area (Å²) in [6, 6.07) is 7.66. The second-order valence-corrected chi connectivity index (χ2v) is 6.54. The van der Waals surface area contributed by atoms with E-state index >= 15 is 0 Å². The number of nitrogens with zero attached hydrogens (tertiary/aromatic N) is 3. The molecule has 0 bridgehead atoms. The molecular formula is C17H16N4O2S. The molecule has 24 heavy (non-hydrogen) atoms. The first-order valence-corrected chi connectivity index (χ1v) is 8.52. The molecule has 2 N–H and O–H groups in total. The second kappa shape index (κ2) is 6.18. The first-order valence-electron chi connectivity index (χ1n) is 7.70. The van der Waals surface area contributed by atoms with Gasteiger partial charge in [0.05, 0.1) is 24.6 Å². The highest BCUT2D eigenvalue weighted by Gasteiger charge is 2.24. The number of nitrogen functional groups attached to an aromatic ring is 1. The Bertz CT molecular complexity index is 888. The molecule has 0 aliphatic carbocycles. The van der Waals surface area contributed by atoms with Gasteiger partial charge in [0.25, 0.3) is 5.91 Å². The smallest absolute Gasteiger partial charge is 0.266 e. The van der Waals surface area contributed by atoms with Gasteiger partial charge in [-0.15, -0.1) is 11.3 Å². The largest absolute Gasteiger partial charge is 0.397 e. The Morgan fingerprint density at radius 3 is 2.83 bits per heavy atom. The van der Waals surface area contributed by atoms with Crippen molar-refractivity contribution in [3.05, 3.63) is 41.5 Å². The molecule has 3 aromatic rings. The fourth-order valence-corrected chi connectivity index (χ4v) is 3.80. The molecule has 3 aromatic heterocycles. The van der Waals surface area contributed by atoms with E-state index in [1.165, 1.54) is 11.3 Å². The molecule has 1 saturated heterocycles. The lowest BCUT2D eigenvalue weighted by atomic mass is 10.1. The summed E-state index contributed by atoms with van der Waals surface area (Å²) in [5.41, 5.74) is 8.48. The Morgan fingerprint density at radius 2 is 2.08 bits per heavy atom. The summed E-state index contributed by atoms with van der Waals surface area (Å²) in [6.45, 7) is 2.33. The number of hydrogen-bond donors (Lipinski definition) is 1. The quantitative estimate of drug-likeness (QED) is 0.775. The van der Waals surface area contributed by atoms with E-state index in [1.807, 2.05) is 24.3 Å². The highest BCUT2D eigenvalue weighted by Crippen LogP contribution is 2.34. The summed E-state index contributed by atoms with van der Waals surface area (Å²) in [7, 11) is 0. The summed E-state index contributed by atoms with van der Waals surface area (Å²) < 4.78 is 5.30. The fraction of sp³-hybridized carbons (Fsp3) is 0.235. The summed E-state index contributed by atoms with van der Waals surface area (Å²) in [5, 5.41) is 0.823. The molecule has 0 saturated carbocycles. The van der Waals surface area contributed by atoms with Crippen molar-refractivity contribution in [1.82, 2.24) is 14.9 Å². The third-order valence-electron chi connectivity index (χ3n) is 4.04. The van der Waals surface area contributed by atoms with Crippen LogP contribution in [0.5, 0.6) is 0 Å². The lowest BCUT2D eigenvalue weighted by molar-refractivity contribution is 0.0307. The number of pyridine rings is 2. The normalized spacial score (nSPS) is 14.9. The van der Waals surface area contributed by atoms with E-state index in [2.05, 4.69) is 9.97 Å². The Kier molecular flexibility index (Phi) is 3.87. The van der Waals surface area contributed by atoms with Gasteiger partial charge in [0.15, 0.2) is 0 Å². The number of nitrogens with two attached hydrogens (primary N) is 1. The van der Waals surface area contributed by atoms with Crippen LogP contribution in [0.4, 0.5) is 5.69 Å². The molecule has 1 aliphatic heterocycles. The van der Waals surface area contributed by atoms with E-state index in [1.54, 1.807) is 17.3 Å². The Hall–Kier alpha value is -2.51. The minimum absolute atomic E-state index is 0.0401. The van der Waals surface area contributed by atoms with Crippen molar-refractivity contribution in [3.63, 3.8) is 0 Å². The van der Waals surface area contributed by atoms with E-state index in [9.17, 15) is 4.79 Å². The van der Waals surface area contributed by atoms with Crippen molar-refractivity contribution < 1.29 is 9.53 Å². The first-order chi connectivity index (χ1) is 11.7. The van der Waals surface area contributed by atoms with Crippen molar-refractivity contribution in [3.8, 4) is 11.3 Å². The van der Waals surface area contributed by atoms with Crippen LogP contribution in [-0.4, -0.2) is 47.1 Å². The van der Waals surface area contributed by atoms with Crippen LogP contribution in [0, 0.1) is 0 Å². The molecule has 0 radical (unpaired) electrons. The van der Waals surface area contributed by atoms with Crippen LogP contribution < -0.4 is 5.73 Å². The van der Waals surface area contributed by atoms with Gasteiger partial charge in [-0.1, -0.05) is 0 Å². The maximum absolute atomic E-state index is 12.7. The van der Waals surface area contributed by atoms with Gasteiger partial charge in [-0.2, -0.15) is 0 Å². The van der Waals surface area contributed by atoms with Gasteiger partial charge in [-0.3, -0.25) is 9.78 Å². The first kappa shape index (κ1) is 15.0. The highest BCUT2D eigenvalue weighted by molar-refractivity contribution is 7.21. The van der Waals surface area contributed by atoms with Crippen molar-refractivity contribution >= 4 is 33.1 Å². The van der Waals surface area contributed by atoms with Crippen molar-refractivity contribution in [2.75, 3.05) is 32.0 Å². The monoisotopic (exact) mass is 340 g/mol. The number of aromatic nitrogens is 2. The SMILES string of the molecule is Nc1c(C(=O)N2CCOCC2)sc2nc(-c3cccnc3)ccc12. The number of ether oxygens (including phenoxy) is 1. The molecule has 0 aromatic carbocycles. The van der Waals surface area contributed by atoms with E-state index in [0.717, 1.165) is 21.5 Å². The number of rotatable bonds is 2. The number of carbonyl (C=O) groups is 1. The van der Waals surface area contributed by atoms with E-state index in [0.29, 0.717) is 36.9 Å². The van der Waals surface area contributed by atoms with Crippen LogP contribution in [0.2, 0.25) is 0 Å². The minimum atomic E-state index is -0.0401. The molecular weight excluding hydrogens is 324 g/mol. The average Bonchev–Trinajstić information content (AvgIpc) is 2.99. The summed E-state index contributed by atoms with van der Waals surface area (Å²) in [6.07, 6.45) is 3.50. The Labute approximate surface area is 142 Å². The minimum Gasteiger partial charge on any atom is -0.397 e. The van der Waals surface area contributed by atoms with Crippen LogP contribution in [0.25, 0.3) is 21.5 Å². The molecule has 1 amide bonds. The summed E-state index contributed by atoms with van der Waals surface area (Å²) in [4.78, 5) is 24.6. The second-order valence-electron chi connectivity index (χ2n) is 5.54. The van der Waals surface area contributed by atoms with E-state index in [-0.39, 0.29) is 5.91 Å². The molecule has 4 rings (SSSR count). The van der Waals surface area contributed by atoms with Crippen LogP contribution >= 0.6 is 11.3 Å². The number of thiophene rings is 1. The molecule has 0 unspecified atom stereocenters. The molecule has 1 aliphatic rings. The molecule has 7 heteroatoms. The molecule has 6 nitrogen and oxygen atoms in total. The Balaban J connectivity index is 1.73. The molecule has 1 fully saturated rings. The lowest BCUT2D eigenvalue weighted by Crippen LogP contribution is -2.40. The molecule has 122 valence electrons. The zero-order valence-corrected chi connectivity index (χ0v) is 13.8. The average molecular weight is 340 g/mol. The van der Waals surface area contributed by atoms with Gasteiger partial charge in [0, 0.05) is 36.4 Å². The zero-order chi connectivity index (χ0) is 16.5. The number of hydrogen-bond acceptors (Lipinski definition) is 6. The van der Waals surface area contributed by atoms with Gasteiger partial charge in [0.1, 0.15) is 9.71 Å².